The van der Waals surface area contributed by atoms with Gasteiger partial charge in [0.1, 0.15) is 11.5 Å². The maximum atomic E-state index is 12.5. The van der Waals surface area contributed by atoms with Crippen LogP contribution in [0.2, 0.25) is 0 Å². The second-order valence-electron chi connectivity index (χ2n) is 3.77. The van der Waals surface area contributed by atoms with Gasteiger partial charge in [0, 0.05) is 13.0 Å². The van der Waals surface area contributed by atoms with Gasteiger partial charge in [0.15, 0.2) is 0 Å². The molecule has 0 aromatic carbocycles. The van der Waals surface area contributed by atoms with Crippen molar-refractivity contribution < 1.29 is 19.1 Å². The van der Waals surface area contributed by atoms with Gasteiger partial charge in [-0.05, 0) is 18.1 Å². The Hall–Kier alpha value is -1.98. The first-order chi connectivity index (χ1) is 7.99. The standard InChI is InChI=1S/C11H13FN2O3/c1-7(4-10(15)16)5-14-11(17)9-3-2-8(12)6-13-9/h2-3,6-7H,4-5H2,1H3,(H,14,17)(H,15,16). The van der Waals surface area contributed by atoms with E-state index in [1.54, 1.807) is 6.92 Å². The second kappa shape index (κ2) is 5.93. The van der Waals surface area contributed by atoms with Crippen LogP contribution in [-0.4, -0.2) is 28.5 Å². The Morgan fingerprint density at radius 1 is 1.53 bits per heavy atom. The molecule has 0 spiro atoms. The topological polar surface area (TPSA) is 79.3 Å². The monoisotopic (exact) mass is 240 g/mol. The first-order valence-electron chi connectivity index (χ1n) is 5.10. The lowest BCUT2D eigenvalue weighted by atomic mass is 10.1. The molecule has 1 atom stereocenters. The Kier molecular flexibility index (Phi) is 4.56. The summed E-state index contributed by atoms with van der Waals surface area (Å²) in [7, 11) is 0. The van der Waals surface area contributed by atoms with Crippen LogP contribution < -0.4 is 5.32 Å². The van der Waals surface area contributed by atoms with E-state index in [2.05, 4.69) is 10.3 Å². The number of carbonyl (C=O) groups excluding carboxylic acids is 1. The zero-order chi connectivity index (χ0) is 12.8. The number of aliphatic carboxylic acids is 1. The first-order valence-corrected chi connectivity index (χ1v) is 5.10. The molecule has 1 amide bonds. The Morgan fingerprint density at radius 2 is 2.24 bits per heavy atom. The highest BCUT2D eigenvalue weighted by atomic mass is 19.1. The van der Waals surface area contributed by atoms with E-state index in [9.17, 15) is 14.0 Å². The van der Waals surface area contributed by atoms with Gasteiger partial charge in [-0.25, -0.2) is 9.37 Å². The highest BCUT2D eigenvalue weighted by molar-refractivity contribution is 5.92. The molecule has 0 aliphatic rings. The van der Waals surface area contributed by atoms with E-state index in [1.807, 2.05) is 0 Å². The van der Waals surface area contributed by atoms with Crippen LogP contribution >= 0.6 is 0 Å². The first kappa shape index (κ1) is 13.1. The predicted octanol–water partition coefficient (Wildman–Crippen LogP) is 1.06. The number of hydrogen-bond donors (Lipinski definition) is 2. The van der Waals surface area contributed by atoms with Crippen LogP contribution in [0.4, 0.5) is 4.39 Å². The van der Waals surface area contributed by atoms with Crippen molar-refractivity contribution in [3.63, 3.8) is 0 Å². The molecular weight excluding hydrogens is 227 g/mol. The molecular formula is C11H13FN2O3. The molecule has 2 N–H and O–H groups in total. The normalized spacial score (nSPS) is 11.9. The number of hydrogen-bond acceptors (Lipinski definition) is 3. The molecule has 6 heteroatoms. The number of amides is 1. The second-order valence-corrected chi connectivity index (χ2v) is 3.77. The van der Waals surface area contributed by atoms with Gasteiger partial charge in [0.25, 0.3) is 5.91 Å². The van der Waals surface area contributed by atoms with E-state index < -0.39 is 17.7 Å². The predicted molar refractivity (Wildman–Crippen MR) is 57.9 cm³/mol. The Morgan fingerprint density at radius 3 is 2.76 bits per heavy atom. The third kappa shape index (κ3) is 4.58. The number of rotatable bonds is 5. The van der Waals surface area contributed by atoms with Gasteiger partial charge < -0.3 is 10.4 Å². The molecule has 0 bridgehead atoms. The maximum Gasteiger partial charge on any atom is 0.303 e. The number of carboxylic acids is 1. The number of nitrogens with zero attached hydrogens (tertiary/aromatic N) is 1. The van der Waals surface area contributed by atoms with Crippen molar-refractivity contribution in [3.8, 4) is 0 Å². The number of carbonyl (C=O) groups is 2. The van der Waals surface area contributed by atoms with E-state index in [1.165, 1.54) is 6.07 Å². The van der Waals surface area contributed by atoms with Crippen molar-refractivity contribution in [1.29, 1.82) is 0 Å². The average molecular weight is 240 g/mol. The molecule has 5 nitrogen and oxygen atoms in total. The Balaban J connectivity index is 2.44. The van der Waals surface area contributed by atoms with Crippen LogP contribution in [0.5, 0.6) is 0 Å². The SMILES string of the molecule is CC(CNC(=O)c1ccc(F)cn1)CC(=O)O. The maximum absolute atomic E-state index is 12.5. The summed E-state index contributed by atoms with van der Waals surface area (Å²) in [6.07, 6.45) is 0.937. The molecule has 0 radical (unpaired) electrons. The van der Waals surface area contributed by atoms with Gasteiger partial charge >= 0.3 is 5.97 Å². The number of pyridine rings is 1. The minimum atomic E-state index is -0.911. The molecule has 92 valence electrons. The van der Waals surface area contributed by atoms with Crippen molar-refractivity contribution >= 4 is 11.9 Å². The lowest BCUT2D eigenvalue weighted by Gasteiger charge is -2.09. The molecule has 0 aliphatic heterocycles. The number of nitrogens with one attached hydrogen (secondary N) is 1. The van der Waals surface area contributed by atoms with Crippen molar-refractivity contribution in [3.05, 3.63) is 29.8 Å². The molecule has 0 fully saturated rings. The van der Waals surface area contributed by atoms with Crippen LogP contribution in [0.15, 0.2) is 18.3 Å². The largest absolute Gasteiger partial charge is 0.481 e. The summed E-state index contributed by atoms with van der Waals surface area (Å²) >= 11 is 0. The third-order valence-corrected chi connectivity index (χ3v) is 2.09. The minimum absolute atomic E-state index is 0.0167. The summed E-state index contributed by atoms with van der Waals surface area (Å²) in [6, 6.07) is 2.41. The van der Waals surface area contributed by atoms with Gasteiger partial charge in [0.2, 0.25) is 0 Å². The van der Waals surface area contributed by atoms with Crippen LogP contribution in [0, 0.1) is 11.7 Å². The quantitative estimate of drug-likeness (QED) is 0.806. The fourth-order valence-corrected chi connectivity index (χ4v) is 1.24. The van der Waals surface area contributed by atoms with E-state index in [4.69, 9.17) is 5.11 Å². The molecule has 1 heterocycles. The van der Waals surface area contributed by atoms with Gasteiger partial charge in [-0.15, -0.1) is 0 Å². The van der Waals surface area contributed by atoms with E-state index in [-0.39, 0.29) is 24.6 Å². The van der Waals surface area contributed by atoms with Crippen LogP contribution in [0.25, 0.3) is 0 Å². The fraction of sp³-hybridized carbons (Fsp3) is 0.364. The van der Waals surface area contributed by atoms with Crippen molar-refractivity contribution in [2.75, 3.05) is 6.54 Å². The summed E-state index contributed by atoms with van der Waals surface area (Å²) in [6.45, 7) is 1.96. The third-order valence-electron chi connectivity index (χ3n) is 2.09. The molecule has 1 aromatic heterocycles. The van der Waals surface area contributed by atoms with E-state index >= 15 is 0 Å². The summed E-state index contributed by atoms with van der Waals surface area (Å²) in [5.41, 5.74) is 0.105. The molecule has 17 heavy (non-hydrogen) atoms. The Labute approximate surface area is 97.7 Å². The molecule has 0 saturated heterocycles. The van der Waals surface area contributed by atoms with Gasteiger partial charge in [-0.3, -0.25) is 9.59 Å². The number of aromatic nitrogens is 1. The van der Waals surface area contributed by atoms with Gasteiger partial charge in [0.05, 0.1) is 6.20 Å². The average Bonchev–Trinajstić information content (AvgIpc) is 2.26. The zero-order valence-electron chi connectivity index (χ0n) is 9.31. The highest BCUT2D eigenvalue weighted by Gasteiger charge is 2.11. The lowest BCUT2D eigenvalue weighted by molar-refractivity contribution is -0.137. The molecule has 1 rings (SSSR count). The van der Waals surface area contributed by atoms with Crippen LogP contribution in [0.3, 0.4) is 0 Å². The molecule has 1 aromatic rings. The number of halogens is 1. The van der Waals surface area contributed by atoms with Gasteiger partial charge in [-0.2, -0.15) is 0 Å². The lowest BCUT2D eigenvalue weighted by Crippen LogP contribution is -2.29. The van der Waals surface area contributed by atoms with Crippen LogP contribution in [-0.2, 0) is 4.79 Å². The van der Waals surface area contributed by atoms with Crippen molar-refractivity contribution in [2.24, 2.45) is 5.92 Å². The zero-order valence-corrected chi connectivity index (χ0v) is 9.31. The highest BCUT2D eigenvalue weighted by Crippen LogP contribution is 2.01. The smallest absolute Gasteiger partial charge is 0.303 e. The fourth-order valence-electron chi connectivity index (χ4n) is 1.24. The molecule has 0 saturated carbocycles. The number of carboxylic acid groups (broad SMARTS) is 1. The van der Waals surface area contributed by atoms with Crippen molar-refractivity contribution in [2.45, 2.75) is 13.3 Å². The molecule has 1 unspecified atom stereocenters. The van der Waals surface area contributed by atoms with Gasteiger partial charge in [-0.1, -0.05) is 6.92 Å². The van der Waals surface area contributed by atoms with Crippen molar-refractivity contribution in [1.82, 2.24) is 10.3 Å². The molecule has 0 aliphatic carbocycles. The van der Waals surface area contributed by atoms with E-state index in [0.29, 0.717) is 0 Å². The summed E-state index contributed by atoms with van der Waals surface area (Å²) in [5, 5.41) is 11.1. The Bertz CT molecular complexity index is 406. The minimum Gasteiger partial charge on any atom is -0.481 e. The van der Waals surface area contributed by atoms with Crippen LogP contribution in [0.1, 0.15) is 23.8 Å². The van der Waals surface area contributed by atoms with E-state index in [0.717, 1.165) is 12.3 Å². The summed E-state index contributed by atoms with van der Waals surface area (Å²) < 4.78 is 12.5. The summed E-state index contributed by atoms with van der Waals surface area (Å²) in [5.74, 6) is -2.04. The summed E-state index contributed by atoms with van der Waals surface area (Å²) in [4.78, 5) is 25.5.